The van der Waals surface area contributed by atoms with Gasteiger partial charge in [-0.15, -0.1) is 0 Å². The van der Waals surface area contributed by atoms with Crippen LogP contribution in [-0.4, -0.2) is 11.2 Å². The molecule has 1 nitrogen and oxygen atoms in total. The molecule has 1 heteroatoms. The van der Waals surface area contributed by atoms with E-state index >= 15 is 0 Å². The van der Waals surface area contributed by atoms with Crippen LogP contribution in [0.1, 0.15) is 118 Å². The second kappa shape index (κ2) is 8.92. The average Bonchev–Trinajstić information content (AvgIpc) is 3.09. The summed E-state index contributed by atoms with van der Waals surface area (Å²) in [5, 5.41) is 10.1. The Bertz CT molecular complexity index is 622. The van der Waals surface area contributed by atoms with E-state index in [0.717, 1.165) is 36.0 Å². The van der Waals surface area contributed by atoms with Gasteiger partial charge >= 0.3 is 0 Å². The summed E-state index contributed by atoms with van der Waals surface area (Å²) in [4.78, 5) is 0. The number of aliphatic hydroxyl groups excluding tert-OH is 1. The van der Waals surface area contributed by atoms with Crippen LogP contribution in [0, 0.1) is 46.3 Å². The molecule has 30 heavy (non-hydrogen) atoms. The van der Waals surface area contributed by atoms with Crippen molar-refractivity contribution in [2.75, 3.05) is 0 Å². The first-order chi connectivity index (χ1) is 14.3. The van der Waals surface area contributed by atoms with Crippen LogP contribution in [0.25, 0.3) is 0 Å². The molecule has 3 saturated carbocycles. The topological polar surface area (TPSA) is 20.2 Å². The number of hydrogen-bond donors (Lipinski definition) is 1. The molecule has 4 aliphatic carbocycles. The summed E-state index contributed by atoms with van der Waals surface area (Å²) in [5.74, 6) is 4.96. The maximum atomic E-state index is 10.1. The molecule has 1 N–H and O–H groups in total. The minimum atomic E-state index is -0.104. The first-order valence-electron chi connectivity index (χ1n) is 13.7. The minimum absolute atomic E-state index is 0.104. The normalized spacial score (nSPS) is 43.7. The predicted octanol–water partition coefficient (Wildman–Crippen LogP) is 8.17. The minimum Gasteiger partial charge on any atom is -0.393 e. The molecule has 4 aliphatic rings. The zero-order valence-corrected chi connectivity index (χ0v) is 20.8. The lowest BCUT2D eigenvalue weighted by molar-refractivity contribution is -0.00815. The molecule has 4 rings (SSSR count). The van der Waals surface area contributed by atoms with Crippen molar-refractivity contribution in [3.63, 3.8) is 0 Å². The highest BCUT2D eigenvalue weighted by molar-refractivity contribution is 5.27. The summed E-state index contributed by atoms with van der Waals surface area (Å²) >= 11 is 0. The third-order valence-corrected chi connectivity index (χ3v) is 11.2. The fraction of sp³-hybridized carbons (Fsp3) is 0.931. The Hall–Kier alpha value is -0.300. The summed E-state index contributed by atoms with van der Waals surface area (Å²) in [6, 6.07) is 0. The van der Waals surface area contributed by atoms with Crippen LogP contribution < -0.4 is 0 Å². The lowest BCUT2D eigenvalue weighted by Crippen LogP contribution is -2.48. The van der Waals surface area contributed by atoms with E-state index in [-0.39, 0.29) is 6.10 Å². The molecule has 0 aromatic heterocycles. The van der Waals surface area contributed by atoms with Crippen LogP contribution in [-0.2, 0) is 0 Å². The number of rotatable bonds is 7. The maximum Gasteiger partial charge on any atom is 0.0563 e. The second-order valence-corrected chi connectivity index (χ2v) is 12.6. The van der Waals surface area contributed by atoms with E-state index in [1.807, 2.05) is 5.57 Å². The van der Waals surface area contributed by atoms with Gasteiger partial charge in [0.1, 0.15) is 0 Å². The Kier molecular flexibility index (Phi) is 6.80. The molecular formula is C29H50O. The maximum absolute atomic E-state index is 10.1. The Morgan fingerprint density at radius 1 is 0.967 bits per heavy atom. The number of hydrogen-bond acceptors (Lipinski definition) is 1. The third-order valence-electron chi connectivity index (χ3n) is 11.2. The van der Waals surface area contributed by atoms with Crippen molar-refractivity contribution in [3.8, 4) is 0 Å². The Morgan fingerprint density at radius 3 is 2.50 bits per heavy atom. The summed E-state index contributed by atoms with van der Waals surface area (Å²) < 4.78 is 0. The average molecular weight is 415 g/mol. The van der Waals surface area contributed by atoms with E-state index in [9.17, 15) is 5.11 Å². The molecule has 0 aromatic rings. The highest BCUT2D eigenvalue weighted by Gasteiger charge is 2.57. The monoisotopic (exact) mass is 414 g/mol. The van der Waals surface area contributed by atoms with Crippen LogP contribution in [0.15, 0.2) is 11.6 Å². The van der Waals surface area contributed by atoms with E-state index in [1.165, 1.54) is 77.0 Å². The van der Waals surface area contributed by atoms with Crippen molar-refractivity contribution in [2.45, 2.75) is 124 Å². The molecule has 3 unspecified atom stereocenters. The van der Waals surface area contributed by atoms with Crippen LogP contribution >= 0.6 is 0 Å². The fourth-order valence-electron chi connectivity index (χ4n) is 9.08. The second-order valence-electron chi connectivity index (χ2n) is 12.6. The van der Waals surface area contributed by atoms with Crippen molar-refractivity contribution in [1.29, 1.82) is 0 Å². The van der Waals surface area contributed by atoms with Gasteiger partial charge in [0, 0.05) is 0 Å². The Balaban J connectivity index is 1.42. The molecule has 172 valence electrons. The molecule has 0 saturated heterocycles. The van der Waals surface area contributed by atoms with Crippen molar-refractivity contribution >= 4 is 0 Å². The fourth-order valence-corrected chi connectivity index (χ4v) is 9.08. The molecule has 0 aliphatic heterocycles. The largest absolute Gasteiger partial charge is 0.393 e. The third kappa shape index (κ3) is 3.84. The molecule has 3 fully saturated rings. The number of allylic oxidation sites excluding steroid dienone is 2. The molecule has 0 aromatic carbocycles. The van der Waals surface area contributed by atoms with Gasteiger partial charge in [-0.25, -0.2) is 0 Å². The quantitative estimate of drug-likeness (QED) is 0.416. The highest BCUT2D eigenvalue weighted by atomic mass is 16.3. The Labute approximate surface area is 187 Å². The van der Waals surface area contributed by atoms with Gasteiger partial charge in [0.15, 0.2) is 0 Å². The van der Waals surface area contributed by atoms with Crippen LogP contribution in [0.4, 0.5) is 0 Å². The van der Waals surface area contributed by atoms with Gasteiger partial charge in [0.2, 0.25) is 0 Å². The molecule has 0 spiro atoms. The molecule has 0 heterocycles. The standard InChI is InChI=1S/C29H50O/c1-6-27(30)21(3)11-9-10-20(2)24-15-16-25-23-14-13-22-12-7-8-18-28(22,4)26(23)17-19-29(24,25)5/h14,20-22,24-27,30H,6-13,15-19H2,1-5H3/t20-,21?,22?,24-,25+,26+,27?,28+,29-/m1/s1. The summed E-state index contributed by atoms with van der Waals surface area (Å²) in [7, 11) is 0. The smallest absolute Gasteiger partial charge is 0.0563 e. The van der Waals surface area contributed by atoms with Crippen LogP contribution in [0.3, 0.4) is 0 Å². The summed E-state index contributed by atoms with van der Waals surface area (Å²) in [5.41, 5.74) is 3.09. The number of aliphatic hydroxyl groups is 1. The van der Waals surface area contributed by atoms with E-state index < -0.39 is 0 Å². The summed E-state index contributed by atoms with van der Waals surface area (Å²) in [6.07, 6.45) is 20.6. The van der Waals surface area contributed by atoms with E-state index in [2.05, 4.69) is 40.7 Å². The van der Waals surface area contributed by atoms with Gasteiger partial charge in [-0.3, -0.25) is 0 Å². The van der Waals surface area contributed by atoms with Gasteiger partial charge in [-0.1, -0.05) is 72.0 Å². The zero-order chi connectivity index (χ0) is 21.5. The van der Waals surface area contributed by atoms with Crippen LogP contribution in [0.2, 0.25) is 0 Å². The SMILES string of the molecule is CCC(O)C(C)CCC[C@@H](C)[C@H]1CC[C@H]2C3=CCC4CCCC[C@]4(C)[C@H]3CC[C@]12C. The molecule has 9 atom stereocenters. The zero-order valence-electron chi connectivity index (χ0n) is 20.8. The number of fused-ring (bicyclic) bond motifs is 5. The van der Waals surface area contributed by atoms with Crippen molar-refractivity contribution in [1.82, 2.24) is 0 Å². The van der Waals surface area contributed by atoms with E-state index in [1.54, 1.807) is 0 Å². The van der Waals surface area contributed by atoms with Gasteiger partial charge in [0.25, 0.3) is 0 Å². The highest BCUT2D eigenvalue weighted by Crippen LogP contribution is 2.66. The van der Waals surface area contributed by atoms with Gasteiger partial charge in [-0.05, 0) is 104 Å². The van der Waals surface area contributed by atoms with Crippen LogP contribution in [0.5, 0.6) is 0 Å². The first kappa shape index (κ1) is 22.9. The Morgan fingerprint density at radius 2 is 1.73 bits per heavy atom. The molecule has 0 bridgehead atoms. The van der Waals surface area contributed by atoms with Gasteiger partial charge < -0.3 is 5.11 Å². The lowest BCUT2D eigenvalue weighted by Gasteiger charge is -2.57. The lowest BCUT2D eigenvalue weighted by atomic mass is 9.48. The summed E-state index contributed by atoms with van der Waals surface area (Å²) in [6.45, 7) is 12.3. The molecule has 0 radical (unpaired) electrons. The van der Waals surface area contributed by atoms with E-state index in [4.69, 9.17) is 0 Å². The molecular weight excluding hydrogens is 364 g/mol. The molecule has 0 amide bonds. The van der Waals surface area contributed by atoms with E-state index in [0.29, 0.717) is 16.7 Å². The predicted molar refractivity (Wildman–Crippen MR) is 128 cm³/mol. The van der Waals surface area contributed by atoms with Crippen molar-refractivity contribution in [3.05, 3.63) is 11.6 Å². The van der Waals surface area contributed by atoms with Crippen molar-refractivity contribution < 1.29 is 5.11 Å². The van der Waals surface area contributed by atoms with Crippen molar-refractivity contribution in [2.24, 2.45) is 46.3 Å². The van der Waals surface area contributed by atoms with Gasteiger partial charge in [-0.2, -0.15) is 0 Å². The first-order valence-corrected chi connectivity index (χ1v) is 13.7. The van der Waals surface area contributed by atoms with Gasteiger partial charge in [0.05, 0.1) is 6.10 Å².